The molecule has 1 aromatic rings. The molecule has 0 atom stereocenters. The smallest absolute Gasteiger partial charge is 0.243 e. The molecule has 1 saturated heterocycles. The Morgan fingerprint density at radius 1 is 1.14 bits per heavy atom. The Morgan fingerprint density at radius 2 is 1.76 bits per heavy atom. The van der Waals surface area contributed by atoms with Crippen LogP contribution in [0.5, 0.6) is 0 Å². The van der Waals surface area contributed by atoms with Crippen molar-refractivity contribution in [1.82, 2.24) is 9.62 Å². The van der Waals surface area contributed by atoms with Crippen molar-refractivity contribution in [3.8, 4) is 0 Å². The molecule has 0 amide bonds. The van der Waals surface area contributed by atoms with Crippen LogP contribution in [0.25, 0.3) is 0 Å². The zero-order valence-electron chi connectivity index (χ0n) is 12.4. The van der Waals surface area contributed by atoms with Crippen molar-refractivity contribution in [3.63, 3.8) is 0 Å². The number of nitrogens with zero attached hydrogens (tertiary/aromatic N) is 1. The Balaban J connectivity index is 2.27. The fraction of sp³-hybridized carbons (Fsp3) is 0.600. The summed E-state index contributed by atoms with van der Waals surface area (Å²) in [6.45, 7) is 1.43. The molecule has 4 nitrogen and oxygen atoms in total. The lowest BCUT2D eigenvalue weighted by Gasteiger charge is -2.24. The quantitative estimate of drug-likeness (QED) is 0.929. The molecule has 2 rings (SSSR count). The van der Waals surface area contributed by atoms with E-state index >= 15 is 0 Å². The molecule has 0 saturated carbocycles. The minimum atomic E-state index is -3.52. The Morgan fingerprint density at radius 3 is 2.38 bits per heavy atom. The minimum absolute atomic E-state index is 0.190. The number of sulfonamides is 1. The van der Waals surface area contributed by atoms with Gasteiger partial charge in [-0.25, -0.2) is 12.8 Å². The van der Waals surface area contributed by atoms with Gasteiger partial charge in [0.2, 0.25) is 10.0 Å². The van der Waals surface area contributed by atoms with E-state index in [0.717, 1.165) is 25.7 Å². The first-order chi connectivity index (χ1) is 10.1. The molecule has 0 radical (unpaired) electrons. The number of hydrogen-bond donors (Lipinski definition) is 1. The summed E-state index contributed by atoms with van der Waals surface area (Å²) in [5.41, 5.74) is 0.380. The first-order valence-electron chi connectivity index (χ1n) is 7.49. The van der Waals surface area contributed by atoms with E-state index in [1.807, 2.05) is 0 Å². The van der Waals surface area contributed by atoms with Gasteiger partial charge < -0.3 is 5.32 Å². The van der Waals surface area contributed by atoms with Crippen LogP contribution in [0.15, 0.2) is 23.1 Å². The summed E-state index contributed by atoms with van der Waals surface area (Å²) in [6.07, 6.45) is 5.10. The summed E-state index contributed by atoms with van der Waals surface area (Å²) in [5, 5.41) is 2.85. The van der Waals surface area contributed by atoms with Gasteiger partial charge in [-0.2, -0.15) is 4.31 Å². The van der Waals surface area contributed by atoms with Gasteiger partial charge in [0.15, 0.2) is 0 Å². The maximum Gasteiger partial charge on any atom is 0.243 e. The number of benzene rings is 1. The molecule has 0 unspecified atom stereocenters. The predicted molar refractivity (Wildman–Crippen MR) is 81.0 cm³/mol. The number of hydrogen-bond acceptors (Lipinski definition) is 3. The van der Waals surface area contributed by atoms with Crippen LogP contribution in [0, 0.1) is 5.82 Å². The third-order valence-electron chi connectivity index (χ3n) is 3.84. The highest BCUT2D eigenvalue weighted by Gasteiger charge is 2.25. The van der Waals surface area contributed by atoms with E-state index in [1.54, 1.807) is 11.4 Å². The molecule has 1 aliphatic rings. The topological polar surface area (TPSA) is 49.4 Å². The lowest BCUT2D eigenvalue weighted by atomic mass is 10.1. The highest BCUT2D eigenvalue weighted by atomic mass is 32.2. The van der Waals surface area contributed by atoms with E-state index in [0.29, 0.717) is 25.2 Å². The van der Waals surface area contributed by atoms with Crippen molar-refractivity contribution in [2.75, 3.05) is 20.1 Å². The first kappa shape index (κ1) is 16.4. The molecule has 21 heavy (non-hydrogen) atoms. The summed E-state index contributed by atoms with van der Waals surface area (Å²) >= 11 is 0. The highest BCUT2D eigenvalue weighted by molar-refractivity contribution is 7.89. The van der Waals surface area contributed by atoms with Crippen molar-refractivity contribution >= 4 is 10.0 Å². The zero-order chi connectivity index (χ0) is 15.3. The second-order valence-corrected chi connectivity index (χ2v) is 7.39. The van der Waals surface area contributed by atoms with E-state index < -0.39 is 10.0 Å². The van der Waals surface area contributed by atoms with Crippen molar-refractivity contribution in [1.29, 1.82) is 0 Å². The van der Waals surface area contributed by atoms with Crippen molar-refractivity contribution in [3.05, 3.63) is 29.6 Å². The largest absolute Gasteiger partial charge is 0.316 e. The Labute approximate surface area is 126 Å². The van der Waals surface area contributed by atoms with E-state index in [2.05, 4.69) is 5.32 Å². The summed E-state index contributed by atoms with van der Waals surface area (Å²) < 4.78 is 40.6. The van der Waals surface area contributed by atoms with Crippen LogP contribution in [0.2, 0.25) is 0 Å². The molecule has 6 heteroatoms. The third kappa shape index (κ3) is 4.02. The molecule has 1 fully saturated rings. The van der Waals surface area contributed by atoms with Gasteiger partial charge in [-0.3, -0.25) is 0 Å². The Bertz CT molecular complexity index is 567. The Hall–Kier alpha value is -0.980. The van der Waals surface area contributed by atoms with Crippen LogP contribution in [0.3, 0.4) is 0 Å². The van der Waals surface area contributed by atoms with Crippen LogP contribution in [0.1, 0.15) is 37.7 Å². The molecule has 0 aromatic heterocycles. The van der Waals surface area contributed by atoms with E-state index in [9.17, 15) is 12.8 Å². The second kappa shape index (κ2) is 7.33. The summed E-state index contributed by atoms with van der Waals surface area (Å²) in [4.78, 5) is 0.190. The molecule has 0 spiro atoms. The minimum Gasteiger partial charge on any atom is -0.316 e. The van der Waals surface area contributed by atoms with Gasteiger partial charge in [0.05, 0.1) is 4.90 Å². The standard InChI is InChI=1S/C15H23FN2O2S/c1-17-12-13-11-14(7-8-15(13)16)21(19,20)18-9-5-3-2-4-6-10-18/h7-8,11,17H,2-6,9-10,12H2,1H3. The van der Waals surface area contributed by atoms with Crippen LogP contribution in [-0.2, 0) is 16.6 Å². The summed E-state index contributed by atoms with van der Waals surface area (Å²) in [6, 6.07) is 4.05. The van der Waals surface area contributed by atoms with E-state index in [-0.39, 0.29) is 10.7 Å². The third-order valence-corrected chi connectivity index (χ3v) is 5.73. The zero-order valence-corrected chi connectivity index (χ0v) is 13.3. The highest BCUT2D eigenvalue weighted by Crippen LogP contribution is 2.22. The molecular formula is C15H23FN2O2S. The number of nitrogens with one attached hydrogen (secondary N) is 1. The van der Waals surface area contributed by atoms with E-state index in [1.165, 1.54) is 24.6 Å². The first-order valence-corrected chi connectivity index (χ1v) is 8.93. The molecule has 1 aliphatic heterocycles. The average molecular weight is 314 g/mol. The fourth-order valence-corrected chi connectivity index (χ4v) is 4.21. The molecule has 1 heterocycles. The molecular weight excluding hydrogens is 291 g/mol. The van der Waals surface area contributed by atoms with Crippen molar-refractivity contribution < 1.29 is 12.8 Å². The lowest BCUT2D eigenvalue weighted by Crippen LogP contribution is -2.34. The molecule has 0 aliphatic carbocycles. The summed E-state index contributed by atoms with van der Waals surface area (Å²) in [5.74, 6) is -0.379. The number of halogens is 1. The van der Waals surface area contributed by atoms with Gasteiger partial charge in [0.1, 0.15) is 5.82 Å². The number of rotatable bonds is 4. The predicted octanol–water partition coefficient (Wildman–Crippen LogP) is 2.50. The van der Waals surface area contributed by atoms with Crippen molar-refractivity contribution in [2.24, 2.45) is 0 Å². The van der Waals surface area contributed by atoms with Crippen LogP contribution < -0.4 is 5.32 Å². The average Bonchev–Trinajstić information content (AvgIpc) is 2.40. The van der Waals surface area contributed by atoms with Crippen LogP contribution >= 0.6 is 0 Å². The summed E-state index contributed by atoms with van der Waals surface area (Å²) in [7, 11) is -1.81. The van der Waals surface area contributed by atoms with Crippen molar-refractivity contribution in [2.45, 2.75) is 43.5 Å². The fourth-order valence-electron chi connectivity index (χ4n) is 2.65. The molecule has 118 valence electrons. The van der Waals surface area contributed by atoms with Gasteiger partial charge in [-0.05, 0) is 38.1 Å². The molecule has 1 N–H and O–H groups in total. The molecule has 0 bridgehead atoms. The lowest BCUT2D eigenvalue weighted by molar-refractivity contribution is 0.364. The van der Waals surface area contributed by atoms with Gasteiger partial charge in [-0.1, -0.05) is 19.3 Å². The van der Waals surface area contributed by atoms with Crippen LogP contribution in [0.4, 0.5) is 4.39 Å². The van der Waals surface area contributed by atoms with Gasteiger partial charge in [-0.15, -0.1) is 0 Å². The maximum absolute atomic E-state index is 13.7. The van der Waals surface area contributed by atoms with E-state index in [4.69, 9.17) is 0 Å². The van der Waals surface area contributed by atoms with Gasteiger partial charge >= 0.3 is 0 Å². The SMILES string of the molecule is CNCc1cc(S(=O)(=O)N2CCCCCCC2)ccc1F. The van der Waals surface area contributed by atoms with Gasteiger partial charge in [0.25, 0.3) is 0 Å². The Kier molecular flexibility index (Phi) is 5.72. The van der Waals surface area contributed by atoms with Crippen LogP contribution in [-0.4, -0.2) is 32.9 Å². The maximum atomic E-state index is 13.7. The second-order valence-electron chi connectivity index (χ2n) is 5.46. The monoisotopic (exact) mass is 314 g/mol. The van der Waals surface area contributed by atoms with Gasteiger partial charge in [0, 0.05) is 25.2 Å². The normalized spacial score (nSPS) is 18.2. The molecule has 1 aromatic carbocycles.